The molecule has 7 heteroatoms. The molecule has 0 bridgehead atoms. The molecule has 1 aliphatic rings. The Bertz CT molecular complexity index is 1410. The van der Waals surface area contributed by atoms with E-state index < -0.39 is 5.69 Å². The molecule has 0 aliphatic carbocycles. The number of hydrogen-bond donors (Lipinski definition) is 0. The van der Waals surface area contributed by atoms with Crippen LogP contribution in [0.5, 0.6) is 0 Å². The third-order valence-electron chi connectivity index (χ3n) is 6.01. The molecule has 1 fully saturated rings. The summed E-state index contributed by atoms with van der Waals surface area (Å²) >= 11 is 1.37. The van der Waals surface area contributed by atoms with Gasteiger partial charge in [0.15, 0.2) is 0 Å². The second-order valence-electron chi connectivity index (χ2n) is 7.89. The van der Waals surface area contributed by atoms with E-state index in [1.54, 1.807) is 17.0 Å². The number of benzene rings is 2. The van der Waals surface area contributed by atoms with Gasteiger partial charge in [0.05, 0.1) is 11.2 Å². The predicted molar refractivity (Wildman–Crippen MR) is 124 cm³/mol. The lowest BCUT2D eigenvalue weighted by Gasteiger charge is -2.18. The van der Waals surface area contributed by atoms with Gasteiger partial charge in [-0.05, 0) is 43.0 Å². The van der Waals surface area contributed by atoms with E-state index in [2.05, 4.69) is 6.92 Å². The molecule has 1 amide bonds. The Balaban J connectivity index is 1.78. The number of likely N-dealkylation sites (tertiary alicyclic amines) is 1. The number of amides is 1. The minimum atomic E-state index is -0.474. The average Bonchev–Trinajstić information content (AvgIpc) is 3.46. The third-order valence-corrected chi connectivity index (χ3v) is 7.16. The van der Waals surface area contributed by atoms with Gasteiger partial charge in [-0.25, -0.2) is 9.36 Å². The maximum Gasteiger partial charge on any atom is 0.336 e. The molecule has 158 valence electrons. The first-order valence-electron chi connectivity index (χ1n) is 10.6. The number of carbonyl (C=O) groups is 1. The van der Waals surface area contributed by atoms with Crippen LogP contribution >= 0.6 is 11.3 Å². The highest BCUT2D eigenvalue weighted by molar-refractivity contribution is 7.25. The minimum Gasteiger partial charge on any atom is -0.341 e. The summed E-state index contributed by atoms with van der Waals surface area (Å²) < 4.78 is 4.11. The van der Waals surface area contributed by atoms with Crippen LogP contribution in [0.3, 0.4) is 0 Å². The maximum atomic E-state index is 13.6. The van der Waals surface area contributed by atoms with Gasteiger partial charge in [0.1, 0.15) is 11.2 Å². The van der Waals surface area contributed by atoms with Crippen molar-refractivity contribution in [2.75, 3.05) is 13.1 Å². The van der Waals surface area contributed by atoms with E-state index in [1.807, 2.05) is 36.4 Å². The largest absolute Gasteiger partial charge is 0.341 e. The fraction of sp³-hybridized carbons (Fsp3) is 0.292. The van der Waals surface area contributed by atoms with E-state index in [0.29, 0.717) is 15.9 Å². The highest BCUT2D eigenvalue weighted by Gasteiger charge is 2.23. The van der Waals surface area contributed by atoms with Gasteiger partial charge in [0.2, 0.25) is 5.91 Å². The van der Waals surface area contributed by atoms with Crippen molar-refractivity contribution < 1.29 is 4.79 Å². The molecule has 3 heterocycles. The lowest BCUT2D eigenvalue weighted by Crippen LogP contribution is -2.42. The SMILES string of the molecule is CCc1ccc(-n2c(=O)c3sc4ccccc4c3n(CC(=O)N3CCCC3)c2=O)cc1. The molecule has 2 aromatic heterocycles. The number of thiophene rings is 1. The minimum absolute atomic E-state index is 0.0661. The van der Waals surface area contributed by atoms with Crippen LogP contribution in [0.2, 0.25) is 0 Å². The highest BCUT2D eigenvalue weighted by Crippen LogP contribution is 2.31. The third kappa shape index (κ3) is 3.29. The van der Waals surface area contributed by atoms with Crippen molar-refractivity contribution in [2.24, 2.45) is 0 Å². The molecule has 0 unspecified atom stereocenters. The first kappa shape index (κ1) is 19.8. The second-order valence-corrected chi connectivity index (χ2v) is 8.95. The van der Waals surface area contributed by atoms with Crippen LogP contribution in [0, 0.1) is 0 Å². The summed E-state index contributed by atoms with van der Waals surface area (Å²) in [4.78, 5) is 41.8. The lowest BCUT2D eigenvalue weighted by molar-refractivity contribution is -0.130. The Hall–Kier alpha value is -3.19. The summed E-state index contributed by atoms with van der Waals surface area (Å²) in [6.45, 7) is 3.43. The quantitative estimate of drug-likeness (QED) is 0.494. The van der Waals surface area contributed by atoms with Gasteiger partial charge < -0.3 is 4.90 Å². The zero-order chi connectivity index (χ0) is 21.5. The number of hydrogen-bond acceptors (Lipinski definition) is 4. The molecule has 31 heavy (non-hydrogen) atoms. The summed E-state index contributed by atoms with van der Waals surface area (Å²) in [7, 11) is 0. The summed E-state index contributed by atoms with van der Waals surface area (Å²) in [6.07, 6.45) is 2.85. The topological polar surface area (TPSA) is 64.3 Å². The number of fused-ring (bicyclic) bond motifs is 3. The van der Waals surface area contributed by atoms with E-state index in [-0.39, 0.29) is 18.0 Å². The van der Waals surface area contributed by atoms with E-state index in [9.17, 15) is 14.4 Å². The monoisotopic (exact) mass is 433 g/mol. The van der Waals surface area contributed by atoms with Crippen LogP contribution in [-0.2, 0) is 17.8 Å². The van der Waals surface area contributed by atoms with Crippen LogP contribution in [0.4, 0.5) is 0 Å². The van der Waals surface area contributed by atoms with Gasteiger partial charge in [0, 0.05) is 23.2 Å². The van der Waals surface area contributed by atoms with E-state index in [0.717, 1.165) is 48.0 Å². The number of aromatic nitrogens is 2. The molecular formula is C24H23N3O3S. The van der Waals surface area contributed by atoms with Crippen molar-refractivity contribution in [1.29, 1.82) is 0 Å². The molecule has 4 aromatic rings. The summed E-state index contributed by atoms with van der Waals surface area (Å²) in [5, 5.41) is 0.833. The Morgan fingerprint density at radius 3 is 2.42 bits per heavy atom. The van der Waals surface area contributed by atoms with Crippen molar-refractivity contribution in [3.63, 3.8) is 0 Å². The van der Waals surface area contributed by atoms with E-state index in [1.165, 1.54) is 20.5 Å². The number of nitrogens with zero attached hydrogens (tertiary/aromatic N) is 3. The van der Waals surface area contributed by atoms with Crippen molar-refractivity contribution in [3.05, 3.63) is 74.9 Å². The molecule has 6 nitrogen and oxygen atoms in total. The molecule has 0 atom stereocenters. The van der Waals surface area contributed by atoms with Crippen molar-refractivity contribution in [3.8, 4) is 5.69 Å². The summed E-state index contributed by atoms with van der Waals surface area (Å²) in [5.41, 5.74) is 1.40. The van der Waals surface area contributed by atoms with Crippen LogP contribution in [0.1, 0.15) is 25.3 Å². The lowest BCUT2D eigenvalue weighted by atomic mass is 10.1. The van der Waals surface area contributed by atoms with Gasteiger partial charge in [-0.2, -0.15) is 0 Å². The number of rotatable bonds is 4. The molecule has 1 saturated heterocycles. The Morgan fingerprint density at radius 1 is 1.00 bits per heavy atom. The van der Waals surface area contributed by atoms with Gasteiger partial charge >= 0.3 is 5.69 Å². The highest BCUT2D eigenvalue weighted by atomic mass is 32.1. The van der Waals surface area contributed by atoms with Gasteiger partial charge in [0.25, 0.3) is 5.56 Å². The normalized spacial score (nSPS) is 14.0. The molecule has 0 spiro atoms. The van der Waals surface area contributed by atoms with Crippen molar-refractivity contribution in [2.45, 2.75) is 32.7 Å². The Kier molecular flexibility index (Phi) is 4.98. The number of carbonyl (C=O) groups excluding carboxylic acids is 1. The van der Waals surface area contributed by atoms with Gasteiger partial charge in [-0.1, -0.05) is 37.3 Å². The molecule has 2 aromatic carbocycles. The molecule has 1 aliphatic heterocycles. The zero-order valence-electron chi connectivity index (χ0n) is 17.3. The van der Waals surface area contributed by atoms with Crippen molar-refractivity contribution >= 4 is 37.5 Å². The fourth-order valence-corrected chi connectivity index (χ4v) is 5.44. The van der Waals surface area contributed by atoms with Crippen LogP contribution in [-0.4, -0.2) is 33.0 Å². The Morgan fingerprint density at radius 2 is 1.71 bits per heavy atom. The van der Waals surface area contributed by atoms with Gasteiger partial charge in [-0.3, -0.25) is 14.2 Å². The molecule has 0 radical (unpaired) electrons. The standard InChI is InChI=1S/C24H23N3O3S/c1-2-16-9-11-17(12-10-16)27-23(29)22-21(18-7-3-4-8-19(18)31-22)26(24(27)30)15-20(28)25-13-5-6-14-25/h3-4,7-12H,2,5-6,13-15H2,1H3. The second kappa shape index (κ2) is 7.81. The summed E-state index contributed by atoms with van der Waals surface area (Å²) in [5.74, 6) is -0.0808. The van der Waals surface area contributed by atoms with Crippen molar-refractivity contribution in [1.82, 2.24) is 14.0 Å². The Labute approximate surface area is 183 Å². The fourth-order valence-electron chi connectivity index (χ4n) is 4.31. The van der Waals surface area contributed by atoms with E-state index >= 15 is 0 Å². The predicted octanol–water partition coefficient (Wildman–Crippen LogP) is 3.55. The smallest absolute Gasteiger partial charge is 0.336 e. The van der Waals surface area contributed by atoms with Crippen LogP contribution in [0.15, 0.2) is 58.1 Å². The van der Waals surface area contributed by atoms with Crippen LogP contribution < -0.4 is 11.2 Å². The average molecular weight is 434 g/mol. The first-order chi connectivity index (χ1) is 15.1. The molecule has 0 saturated carbocycles. The first-order valence-corrected chi connectivity index (χ1v) is 11.4. The maximum absolute atomic E-state index is 13.6. The molecule has 0 N–H and O–H groups in total. The van der Waals surface area contributed by atoms with Crippen LogP contribution in [0.25, 0.3) is 26.0 Å². The molecule has 5 rings (SSSR count). The zero-order valence-corrected chi connectivity index (χ0v) is 18.2. The van der Waals surface area contributed by atoms with Gasteiger partial charge in [-0.15, -0.1) is 11.3 Å². The molecular weight excluding hydrogens is 410 g/mol. The number of aryl methyl sites for hydroxylation is 1. The summed E-state index contributed by atoms with van der Waals surface area (Å²) in [6, 6.07) is 15.1. The van der Waals surface area contributed by atoms with E-state index in [4.69, 9.17) is 0 Å².